The summed E-state index contributed by atoms with van der Waals surface area (Å²) in [6, 6.07) is 13.1. The molecule has 1 fully saturated rings. The van der Waals surface area contributed by atoms with Crippen LogP contribution in [0.3, 0.4) is 0 Å². The number of aromatic nitrogens is 3. The second kappa shape index (κ2) is 8.07. The topological polar surface area (TPSA) is 93.9 Å². The van der Waals surface area contributed by atoms with Crippen LogP contribution in [-0.4, -0.2) is 45.4 Å². The molecule has 31 heavy (non-hydrogen) atoms. The zero-order valence-electron chi connectivity index (χ0n) is 16.9. The minimum absolute atomic E-state index is 0.221. The lowest BCUT2D eigenvalue weighted by Gasteiger charge is -2.17. The standard InChI is InChI=1S/C23H22ClN5O2/c24-14-8-9-15-18(13-14)28-23(31)20(22-26-16-5-1-2-6-17(16)27-22)21(15)25-10-4-12-29-11-3-7-19(29)30/h1-2,5-6,8-9,13H,3-4,7,10-12H2,(H,26,27)(H2,25,28,31). The SMILES string of the molecule is O=C1CCCN1CCCNc1c(-c2nc3ccccc3[nH]2)c(=O)[nH]c2cc(Cl)ccc12. The van der Waals surface area contributed by atoms with E-state index in [1.807, 2.05) is 35.2 Å². The summed E-state index contributed by atoms with van der Waals surface area (Å²) in [5, 5.41) is 4.85. The molecule has 2 aromatic carbocycles. The number of aromatic amines is 2. The largest absolute Gasteiger partial charge is 0.384 e. The van der Waals surface area contributed by atoms with E-state index >= 15 is 0 Å². The van der Waals surface area contributed by atoms with Crippen molar-refractivity contribution in [1.29, 1.82) is 0 Å². The Hall–Kier alpha value is -3.32. The number of H-pyrrole nitrogens is 2. The van der Waals surface area contributed by atoms with Gasteiger partial charge in [-0.25, -0.2) is 4.98 Å². The van der Waals surface area contributed by atoms with E-state index in [2.05, 4.69) is 20.3 Å². The third kappa shape index (κ3) is 3.77. The van der Waals surface area contributed by atoms with Crippen LogP contribution in [0.1, 0.15) is 19.3 Å². The lowest BCUT2D eigenvalue weighted by atomic mass is 10.1. The molecule has 1 amide bonds. The molecule has 0 aliphatic carbocycles. The highest BCUT2D eigenvalue weighted by Crippen LogP contribution is 2.32. The number of imidazole rings is 1. The molecule has 0 spiro atoms. The maximum atomic E-state index is 13.1. The van der Waals surface area contributed by atoms with E-state index < -0.39 is 0 Å². The van der Waals surface area contributed by atoms with E-state index in [-0.39, 0.29) is 11.5 Å². The Balaban J connectivity index is 1.52. The highest BCUT2D eigenvalue weighted by atomic mass is 35.5. The van der Waals surface area contributed by atoms with Crippen LogP contribution in [0.25, 0.3) is 33.3 Å². The quantitative estimate of drug-likeness (QED) is 0.396. The number of likely N-dealkylation sites (tertiary alicyclic amines) is 1. The first-order chi connectivity index (χ1) is 15.1. The number of nitrogens with zero attached hydrogens (tertiary/aromatic N) is 2. The molecule has 1 aliphatic rings. The minimum Gasteiger partial charge on any atom is -0.384 e. The molecule has 1 saturated heterocycles. The highest BCUT2D eigenvalue weighted by molar-refractivity contribution is 6.31. The second-order valence-corrected chi connectivity index (χ2v) is 8.20. The number of hydrogen-bond donors (Lipinski definition) is 3. The molecule has 0 atom stereocenters. The van der Waals surface area contributed by atoms with Gasteiger partial charge < -0.3 is 20.2 Å². The fourth-order valence-electron chi connectivity index (χ4n) is 4.18. The molecule has 8 heteroatoms. The van der Waals surface area contributed by atoms with Crippen LogP contribution < -0.4 is 10.9 Å². The Morgan fingerprint density at radius 2 is 1.97 bits per heavy atom. The molecule has 1 aliphatic heterocycles. The van der Waals surface area contributed by atoms with Crippen molar-refractivity contribution in [3.8, 4) is 11.4 Å². The minimum atomic E-state index is -0.244. The summed E-state index contributed by atoms with van der Waals surface area (Å²) in [7, 11) is 0. The normalized spacial score (nSPS) is 14.1. The van der Waals surface area contributed by atoms with E-state index in [0.29, 0.717) is 47.1 Å². The zero-order chi connectivity index (χ0) is 21.4. The molecule has 4 aromatic rings. The van der Waals surface area contributed by atoms with Gasteiger partial charge in [-0.1, -0.05) is 23.7 Å². The van der Waals surface area contributed by atoms with Gasteiger partial charge in [-0.15, -0.1) is 0 Å². The monoisotopic (exact) mass is 435 g/mol. The van der Waals surface area contributed by atoms with Crippen molar-refractivity contribution in [2.24, 2.45) is 0 Å². The number of rotatable bonds is 6. The van der Waals surface area contributed by atoms with E-state index in [1.54, 1.807) is 12.1 Å². The predicted molar refractivity (Wildman–Crippen MR) is 124 cm³/mol. The van der Waals surface area contributed by atoms with Gasteiger partial charge in [0.05, 0.1) is 22.2 Å². The van der Waals surface area contributed by atoms with Crippen LogP contribution in [0.2, 0.25) is 5.02 Å². The number of nitrogens with one attached hydrogen (secondary N) is 3. The van der Waals surface area contributed by atoms with Crippen molar-refractivity contribution in [2.75, 3.05) is 25.0 Å². The number of fused-ring (bicyclic) bond motifs is 2. The molecule has 3 heterocycles. The van der Waals surface area contributed by atoms with Crippen LogP contribution in [0.15, 0.2) is 47.3 Å². The fourth-order valence-corrected chi connectivity index (χ4v) is 4.35. The van der Waals surface area contributed by atoms with Gasteiger partial charge >= 0.3 is 0 Å². The lowest BCUT2D eigenvalue weighted by Crippen LogP contribution is -2.27. The molecule has 3 N–H and O–H groups in total. The smallest absolute Gasteiger partial charge is 0.261 e. The first-order valence-corrected chi connectivity index (χ1v) is 10.8. The van der Waals surface area contributed by atoms with Gasteiger partial charge in [-0.3, -0.25) is 9.59 Å². The summed E-state index contributed by atoms with van der Waals surface area (Å²) in [5.74, 6) is 0.732. The molecule has 5 rings (SSSR count). The molecule has 2 aromatic heterocycles. The van der Waals surface area contributed by atoms with Crippen LogP contribution in [-0.2, 0) is 4.79 Å². The lowest BCUT2D eigenvalue weighted by molar-refractivity contribution is -0.127. The highest BCUT2D eigenvalue weighted by Gasteiger charge is 2.20. The third-order valence-corrected chi connectivity index (χ3v) is 5.92. The molecule has 0 saturated carbocycles. The van der Waals surface area contributed by atoms with Crippen molar-refractivity contribution in [1.82, 2.24) is 19.9 Å². The molecule has 0 bridgehead atoms. The maximum absolute atomic E-state index is 13.1. The molecule has 158 valence electrons. The van der Waals surface area contributed by atoms with Gasteiger partial charge in [0.1, 0.15) is 11.4 Å². The van der Waals surface area contributed by atoms with Crippen molar-refractivity contribution >= 4 is 45.1 Å². The second-order valence-electron chi connectivity index (χ2n) is 7.76. The van der Waals surface area contributed by atoms with Gasteiger partial charge in [0.2, 0.25) is 5.91 Å². The number of halogens is 1. The first-order valence-electron chi connectivity index (χ1n) is 10.4. The van der Waals surface area contributed by atoms with Crippen LogP contribution in [0.5, 0.6) is 0 Å². The molecule has 0 radical (unpaired) electrons. The van der Waals surface area contributed by atoms with Gasteiger partial charge in [0.25, 0.3) is 5.56 Å². The summed E-state index contributed by atoms with van der Waals surface area (Å²) < 4.78 is 0. The number of benzene rings is 2. The summed E-state index contributed by atoms with van der Waals surface area (Å²) in [6.07, 6.45) is 2.36. The van der Waals surface area contributed by atoms with Crippen molar-refractivity contribution in [3.05, 3.63) is 57.8 Å². The predicted octanol–water partition coefficient (Wildman–Crippen LogP) is 4.15. The van der Waals surface area contributed by atoms with Gasteiger partial charge in [-0.05, 0) is 43.2 Å². The Labute approximate surface area is 183 Å². The van der Waals surface area contributed by atoms with Crippen molar-refractivity contribution < 1.29 is 4.79 Å². The summed E-state index contributed by atoms with van der Waals surface area (Å²) in [5.41, 5.74) is 3.25. The van der Waals surface area contributed by atoms with E-state index in [9.17, 15) is 9.59 Å². The van der Waals surface area contributed by atoms with Gasteiger partial charge in [0.15, 0.2) is 0 Å². The maximum Gasteiger partial charge on any atom is 0.261 e. The number of carbonyl (C=O) groups is 1. The van der Waals surface area contributed by atoms with Crippen LogP contribution in [0.4, 0.5) is 5.69 Å². The number of amides is 1. The summed E-state index contributed by atoms with van der Waals surface area (Å²) in [6.45, 7) is 2.16. The Morgan fingerprint density at radius 1 is 1.10 bits per heavy atom. The summed E-state index contributed by atoms with van der Waals surface area (Å²) in [4.78, 5) is 37.7. The zero-order valence-corrected chi connectivity index (χ0v) is 17.6. The van der Waals surface area contributed by atoms with Crippen LogP contribution >= 0.6 is 11.6 Å². The Morgan fingerprint density at radius 3 is 2.77 bits per heavy atom. The van der Waals surface area contributed by atoms with Gasteiger partial charge in [-0.2, -0.15) is 0 Å². The fraction of sp³-hybridized carbons (Fsp3) is 0.261. The van der Waals surface area contributed by atoms with Gasteiger partial charge in [0, 0.05) is 36.5 Å². The molecule has 0 unspecified atom stereocenters. The van der Waals surface area contributed by atoms with E-state index in [0.717, 1.165) is 35.8 Å². The number of pyridine rings is 1. The van der Waals surface area contributed by atoms with E-state index in [1.165, 1.54) is 0 Å². The average molecular weight is 436 g/mol. The number of para-hydroxylation sites is 2. The first kappa shape index (κ1) is 19.6. The number of hydrogen-bond acceptors (Lipinski definition) is 4. The third-order valence-electron chi connectivity index (χ3n) is 5.68. The average Bonchev–Trinajstić information content (AvgIpc) is 3.36. The van der Waals surface area contributed by atoms with E-state index in [4.69, 9.17) is 11.6 Å². The molecular formula is C23H22ClN5O2. The Bertz CT molecular complexity index is 1310. The molecular weight excluding hydrogens is 414 g/mol. The Kier molecular flexibility index (Phi) is 5.11. The number of anilines is 1. The summed E-state index contributed by atoms with van der Waals surface area (Å²) >= 11 is 6.15. The molecule has 7 nitrogen and oxygen atoms in total. The number of carbonyl (C=O) groups excluding carboxylic acids is 1. The van der Waals surface area contributed by atoms with Crippen molar-refractivity contribution in [2.45, 2.75) is 19.3 Å². The van der Waals surface area contributed by atoms with Crippen molar-refractivity contribution in [3.63, 3.8) is 0 Å². The van der Waals surface area contributed by atoms with Crippen LogP contribution in [0, 0.1) is 0 Å².